The molecule has 0 aromatic carbocycles. The first-order valence-electron chi connectivity index (χ1n) is 4.95. The van der Waals surface area contributed by atoms with E-state index in [0.29, 0.717) is 6.61 Å². The van der Waals surface area contributed by atoms with Crippen molar-refractivity contribution in [3.05, 3.63) is 0 Å². The third kappa shape index (κ3) is 6.46. The van der Waals surface area contributed by atoms with Gasteiger partial charge in [0.05, 0.1) is 12.7 Å². The van der Waals surface area contributed by atoms with Gasteiger partial charge in [-0.3, -0.25) is 9.59 Å². The molecule has 0 saturated heterocycles. The molecule has 0 saturated carbocycles. The van der Waals surface area contributed by atoms with E-state index in [9.17, 15) is 9.59 Å². The molecule has 0 aliphatic carbocycles. The summed E-state index contributed by atoms with van der Waals surface area (Å²) in [6.07, 6.45) is 1.08. The smallest absolute Gasteiger partial charge is 0.317 e. The van der Waals surface area contributed by atoms with Crippen molar-refractivity contribution < 1.29 is 19.1 Å². The summed E-state index contributed by atoms with van der Waals surface area (Å²) in [6, 6.07) is 0. The van der Waals surface area contributed by atoms with Gasteiger partial charge in [0.1, 0.15) is 6.42 Å². The van der Waals surface area contributed by atoms with Gasteiger partial charge in [0.15, 0.2) is 0 Å². The normalized spacial score (nSPS) is 11.9. The lowest BCUT2D eigenvalue weighted by molar-refractivity contribution is -0.157. The van der Waals surface area contributed by atoms with E-state index in [-0.39, 0.29) is 12.5 Å². The average molecular weight is 202 g/mol. The fourth-order valence-electron chi connectivity index (χ4n) is 0.734. The van der Waals surface area contributed by atoms with Gasteiger partial charge in [0.25, 0.3) is 0 Å². The number of hydrogen-bond acceptors (Lipinski definition) is 4. The van der Waals surface area contributed by atoms with Crippen LogP contribution in [0.3, 0.4) is 0 Å². The van der Waals surface area contributed by atoms with E-state index in [1.165, 1.54) is 0 Å². The van der Waals surface area contributed by atoms with Crippen LogP contribution in [0.4, 0.5) is 0 Å². The number of carbonyl (C=O) groups excluding carboxylic acids is 2. The zero-order valence-corrected chi connectivity index (χ0v) is 9.04. The van der Waals surface area contributed by atoms with Crippen molar-refractivity contribution in [2.75, 3.05) is 6.61 Å². The van der Waals surface area contributed by atoms with Gasteiger partial charge in [-0.15, -0.1) is 0 Å². The van der Waals surface area contributed by atoms with Crippen LogP contribution < -0.4 is 0 Å². The molecule has 1 atom stereocenters. The standard InChI is InChI=1S/C10H18O4/c1-4-6-13-9(11)7-10(12)14-8(3)5-2/h8H,4-7H2,1-3H3. The van der Waals surface area contributed by atoms with Crippen molar-refractivity contribution in [2.24, 2.45) is 0 Å². The van der Waals surface area contributed by atoms with Crippen LogP contribution in [0.1, 0.15) is 40.0 Å². The maximum atomic E-state index is 11.1. The maximum absolute atomic E-state index is 11.1. The van der Waals surface area contributed by atoms with Crippen LogP contribution in [-0.4, -0.2) is 24.6 Å². The Morgan fingerprint density at radius 1 is 1.21 bits per heavy atom. The predicted molar refractivity (Wildman–Crippen MR) is 51.7 cm³/mol. The van der Waals surface area contributed by atoms with Gasteiger partial charge in [-0.2, -0.15) is 0 Å². The third-order valence-corrected chi connectivity index (χ3v) is 1.66. The minimum Gasteiger partial charge on any atom is -0.465 e. The molecule has 0 aliphatic rings. The molecule has 0 amide bonds. The fraction of sp³-hybridized carbons (Fsp3) is 0.800. The molecule has 0 aromatic rings. The van der Waals surface area contributed by atoms with E-state index < -0.39 is 11.9 Å². The van der Waals surface area contributed by atoms with Crippen LogP contribution in [-0.2, 0) is 19.1 Å². The first-order valence-corrected chi connectivity index (χ1v) is 4.95. The summed E-state index contributed by atoms with van der Waals surface area (Å²) >= 11 is 0. The Bertz CT molecular complexity index is 189. The second-order valence-corrected chi connectivity index (χ2v) is 3.11. The topological polar surface area (TPSA) is 52.6 Å². The van der Waals surface area contributed by atoms with Crippen LogP contribution in [0.2, 0.25) is 0 Å². The van der Waals surface area contributed by atoms with Crippen LogP contribution in [0.5, 0.6) is 0 Å². The molecule has 0 N–H and O–H groups in total. The molecule has 4 heteroatoms. The molecule has 0 radical (unpaired) electrons. The number of rotatable bonds is 6. The third-order valence-electron chi connectivity index (χ3n) is 1.66. The zero-order valence-electron chi connectivity index (χ0n) is 9.04. The fourth-order valence-corrected chi connectivity index (χ4v) is 0.734. The average Bonchev–Trinajstić information content (AvgIpc) is 2.14. The Morgan fingerprint density at radius 2 is 1.86 bits per heavy atom. The summed E-state index contributed by atoms with van der Waals surface area (Å²) in [4.78, 5) is 22.0. The summed E-state index contributed by atoms with van der Waals surface area (Å²) in [6.45, 7) is 5.95. The Kier molecular flexibility index (Phi) is 6.80. The largest absolute Gasteiger partial charge is 0.465 e. The predicted octanol–water partition coefficient (Wildman–Crippen LogP) is 1.67. The van der Waals surface area contributed by atoms with Gasteiger partial charge in [-0.25, -0.2) is 0 Å². The SMILES string of the molecule is CCCOC(=O)CC(=O)OC(C)CC. The molecule has 4 nitrogen and oxygen atoms in total. The Labute approximate surface area is 84.6 Å². The molecule has 1 unspecified atom stereocenters. The quantitative estimate of drug-likeness (QED) is 0.485. The molecule has 0 rings (SSSR count). The van der Waals surface area contributed by atoms with Crippen LogP contribution in [0, 0.1) is 0 Å². The summed E-state index contributed by atoms with van der Waals surface area (Å²) in [5.74, 6) is -1.03. The highest BCUT2D eigenvalue weighted by Crippen LogP contribution is 1.99. The highest BCUT2D eigenvalue weighted by atomic mass is 16.6. The van der Waals surface area contributed by atoms with Crippen molar-refractivity contribution in [2.45, 2.75) is 46.1 Å². The molecule has 0 heterocycles. The molecule has 0 fully saturated rings. The van der Waals surface area contributed by atoms with E-state index >= 15 is 0 Å². The summed E-state index contributed by atoms with van der Waals surface area (Å²) < 4.78 is 9.65. The molecule has 0 aliphatic heterocycles. The lowest BCUT2D eigenvalue weighted by atomic mass is 10.3. The summed E-state index contributed by atoms with van der Waals surface area (Å²) in [7, 11) is 0. The molecule has 0 aromatic heterocycles. The maximum Gasteiger partial charge on any atom is 0.317 e. The van der Waals surface area contributed by atoms with Gasteiger partial charge in [-0.1, -0.05) is 13.8 Å². The van der Waals surface area contributed by atoms with Crippen molar-refractivity contribution in [3.8, 4) is 0 Å². The van der Waals surface area contributed by atoms with Crippen LogP contribution in [0.25, 0.3) is 0 Å². The molecule has 82 valence electrons. The number of hydrogen-bond donors (Lipinski definition) is 0. The van der Waals surface area contributed by atoms with Crippen LogP contribution in [0.15, 0.2) is 0 Å². The first-order chi connectivity index (χ1) is 6.60. The number of esters is 2. The zero-order chi connectivity index (χ0) is 11.0. The van der Waals surface area contributed by atoms with Crippen molar-refractivity contribution in [1.82, 2.24) is 0 Å². The van der Waals surface area contributed by atoms with Crippen molar-refractivity contribution >= 4 is 11.9 Å². The van der Waals surface area contributed by atoms with E-state index in [1.54, 1.807) is 6.92 Å². The van der Waals surface area contributed by atoms with Gasteiger partial charge < -0.3 is 9.47 Å². The van der Waals surface area contributed by atoms with Crippen molar-refractivity contribution in [3.63, 3.8) is 0 Å². The monoisotopic (exact) mass is 202 g/mol. The van der Waals surface area contributed by atoms with E-state index in [1.807, 2.05) is 13.8 Å². The van der Waals surface area contributed by atoms with Gasteiger partial charge in [0, 0.05) is 0 Å². The molecular formula is C10H18O4. The first kappa shape index (κ1) is 12.9. The summed E-state index contributed by atoms with van der Waals surface area (Å²) in [5.41, 5.74) is 0. The molecule has 0 bridgehead atoms. The molecule has 0 spiro atoms. The minimum atomic E-state index is -0.514. The number of ether oxygens (including phenoxy) is 2. The van der Waals surface area contributed by atoms with E-state index in [0.717, 1.165) is 12.8 Å². The lowest BCUT2D eigenvalue weighted by Gasteiger charge is -2.10. The Balaban J connectivity index is 3.66. The molecular weight excluding hydrogens is 184 g/mol. The highest BCUT2D eigenvalue weighted by molar-refractivity contribution is 5.91. The lowest BCUT2D eigenvalue weighted by Crippen LogP contribution is -2.18. The van der Waals surface area contributed by atoms with E-state index in [2.05, 4.69) is 0 Å². The second kappa shape index (κ2) is 7.35. The van der Waals surface area contributed by atoms with Crippen LogP contribution >= 0.6 is 0 Å². The summed E-state index contributed by atoms with van der Waals surface area (Å²) in [5, 5.41) is 0. The molecule has 14 heavy (non-hydrogen) atoms. The Hall–Kier alpha value is -1.06. The Morgan fingerprint density at radius 3 is 2.36 bits per heavy atom. The van der Waals surface area contributed by atoms with Gasteiger partial charge in [-0.05, 0) is 19.8 Å². The van der Waals surface area contributed by atoms with Crippen molar-refractivity contribution in [1.29, 1.82) is 0 Å². The van der Waals surface area contributed by atoms with Gasteiger partial charge in [0.2, 0.25) is 0 Å². The van der Waals surface area contributed by atoms with Gasteiger partial charge >= 0.3 is 11.9 Å². The minimum absolute atomic E-state index is 0.138. The highest BCUT2D eigenvalue weighted by Gasteiger charge is 2.13. The number of carbonyl (C=O) groups is 2. The van der Waals surface area contributed by atoms with E-state index in [4.69, 9.17) is 9.47 Å². The second-order valence-electron chi connectivity index (χ2n) is 3.11.